The molecule has 13 N–H and O–H groups in total. The van der Waals surface area contributed by atoms with Crippen LogP contribution in [0.3, 0.4) is 0 Å². The SMILES string of the molecule is C/C=C1/C(=O)c2c[nH]c3cc(Cl)c(cc3Cl)[nH]cc3c(=O)c(c[nH]c4cc(Br)c(cc4Br)[nH]cc4c(=O)c(c[nH]c5cc(Cl)c(cc5Cl)[nH]cc5c(=O)c(c(N)c6cc(Br)c(cc6Br)[nH]cc6c(=O)c(c[nH]c7cc(Cl)c(cc7Cl)[nH]cc7c(=O)c(c[nH]c8cc(Br)c(cc8Br)[nH]cc(c2=O)C1=O)C(=O)/C(=C/C)C7=O)C(=O)/C(=C/C)C6=O)C(=O)/C(=C/C)C5=O)C(=O)/C(=C/C)C4=O)C(=O)/C(=C/C)C3=O. The molecule has 0 atom stereocenters. The van der Waals surface area contributed by atoms with E-state index in [0.717, 1.165) is 68.2 Å². The number of nitrogens with two attached hydrogens (primary N) is 1. The smallest absolute Gasteiger partial charge is 0.204 e. The summed E-state index contributed by atoms with van der Waals surface area (Å²) in [5, 5.41) is -0.630. The summed E-state index contributed by atoms with van der Waals surface area (Å²) < 4.78 is 1.36. The number of hydrogen-bond donors (Lipinski definition) is 12. The quantitative estimate of drug-likeness (QED) is 0.0495. The summed E-state index contributed by atoms with van der Waals surface area (Å²) in [5.41, 5.74) is -7.66. The van der Waals surface area contributed by atoms with Crippen LogP contribution in [0.25, 0.3) is 66.1 Å². The molecule has 42 heteroatoms. The number of benzene rings is 6. The molecular weight excluding hydrogens is 2300 g/mol. The van der Waals surface area contributed by atoms with Gasteiger partial charge in [-0.2, -0.15) is 0 Å². The van der Waals surface area contributed by atoms with Gasteiger partial charge in [0, 0.05) is 100 Å². The maximum atomic E-state index is 14.5. The van der Waals surface area contributed by atoms with E-state index in [2.05, 4.69) is 150 Å². The van der Waals surface area contributed by atoms with Gasteiger partial charge in [-0.1, -0.05) is 122 Å². The Morgan fingerprint density at radius 3 is 0.522 bits per heavy atom. The van der Waals surface area contributed by atoms with Gasteiger partial charge in [0.25, 0.3) is 0 Å². The van der Waals surface area contributed by atoms with E-state index in [-0.39, 0.29) is 145 Å². The molecule has 10 heterocycles. The van der Waals surface area contributed by atoms with E-state index in [1.54, 1.807) is 0 Å². The lowest BCUT2D eigenvalue weighted by molar-refractivity contribution is 0.0937. The van der Waals surface area contributed by atoms with Crippen LogP contribution >= 0.6 is 165 Å². The molecule has 0 amide bonds. The van der Waals surface area contributed by atoms with Gasteiger partial charge in [0.05, 0.1) is 197 Å². The first kappa shape index (κ1) is 102. The lowest BCUT2D eigenvalue weighted by atomic mass is 9.89. The highest BCUT2D eigenvalue weighted by Crippen LogP contribution is 2.36. The number of aromatic amines is 11. The molecule has 22 rings (SSSR count). The molecule has 138 heavy (non-hydrogen) atoms. The Hall–Kier alpha value is -13.1. The number of H-pyrrole nitrogens is 11. The lowest BCUT2D eigenvalue weighted by Gasteiger charge is -2.13. The topological polar surface area (TPSA) is 507 Å². The first-order valence-corrected chi connectivity index (χ1v) is 47.0. The van der Waals surface area contributed by atoms with Crippen LogP contribution < -0.4 is 38.3 Å². The van der Waals surface area contributed by atoms with Crippen LogP contribution in [0, 0.1) is 0 Å². The zero-order valence-corrected chi connectivity index (χ0v) is 85.3. The Morgan fingerprint density at radius 2 is 0.348 bits per heavy atom. The van der Waals surface area contributed by atoms with Crippen LogP contribution in [0.15, 0.2) is 266 Å². The first-order valence-electron chi connectivity index (χ1n) is 40.0. The van der Waals surface area contributed by atoms with E-state index in [4.69, 9.17) is 75.3 Å². The van der Waals surface area contributed by atoms with E-state index >= 15 is 0 Å². The van der Waals surface area contributed by atoms with Crippen molar-refractivity contribution in [2.75, 3.05) is 5.73 Å². The van der Waals surface area contributed by atoms with E-state index in [9.17, 15) is 86.3 Å². The third kappa shape index (κ3) is 20.0. The van der Waals surface area contributed by atoms with Crippen molar-refractivity contribution in [1.29, 1.82) is 0 Å². The van der Waals surface area contributed by atoms with Crippen LogP contribution in [-0.4, -0.2) is 124 Å². The van der Waals surface area contributed by atoms with Gasteiger partial charge in [-0.05, 0) is 194 Å². The standard InChI is InChI=1S/C96H60Br6Cl6N12O18/c1-7-36-79(121)43-25-110-66-14-54(97)42(13-55(66)98)78(109)77-95(137)41(12-6)89(131)53(96(77)138)35-120-76-24-64(107)75(23-65(76)108)119-34-52-88(130)40(11-5)83(125)47(94(52)136)29-114-70-18-58(101)69(17-59(70)102)113-28-46-82(124)39(10-4)87(129)51(93(46)135)33-118-74-22-62(105)73(21-63(74)106)117-32-50-86(128)38(9-3)81(123)45(92(50)134)27-112-68-16-56(99)67(15-57(68)100)111-26-44-80(122)37(8-2)85(127)49(91(44)133)31-116-72-20-60(103)71(19-61(72)104)115-30-48(84(36)126)90(43)132/h7-35,110-120H,109H2,1-6H3/b36-7+,37-8-,38-9+,39-10-,40-11+,41-12+,43-25?,44-26?,45-27?,46-28?,47-29?,48-30?,49-31?,50-32?,51-33?,52-34?,53-35?,78-77?. The molecule has 6 aromatic carbocycles. The summed E-state index contributed by atoms with van der Waals surface area (Å²) >= 11 is 61.3. The van der Waals surface area contributed by atoms with Gasteiger partial charge in [0.15, 0.2) is 0 Å². The van der Waals surface area contributed by atoms with Gasteiger partial charge in [0.1, 0.15) is 0 Å². The zero-order valence-electron chi connectivity index (χ0n) is 71.2. The average molecular weight is 2360 g/mol. The second-order valence-electron chi connectivity index (χ2n) is 29.5. The number of rotatable bonds is 0. The van der Waals surface area contributed by atoms with Crippen molar-refractivity contribution in [3.63, 3.8) is 0 Å². The normalized spacial score (nSPS) is 15.2. The summed E-state index contributed by atoms with van der Waals surface area (Å²) in [5.74, 6) is -11.6. The summed E-state index contributed by atoms with van der Waals surface area (Å²) in [6.45, 7) is 8.42. The van der Waals surface area contributed by atoms with Crippen molar-refractivity contribution >= 4 is 306 Å². The largest absolute Gasteiger partial charge is 0.397 e. The molecule has 0 spiro atoms. The predicted octanol–water partition coefficient (Wildman–Crippen LogP) is 22.0. The fraction of sp³-hybridized carbons (Fsp3) is 0.0625. The van der Waals surface area contributed by atoms with Crippen molar-refractivity contribution < 1.29 is 57.5 Å². The van der Waals surface area contributed by atoms with Crippen molar-refractivity contribution in [3.8, 4) is 0 Å². The number of hydrogen-bond acceptors (Lipinski definition) is 19. The first-order chi connectivity index (χ1) is 65.5. The molecule has 0 saturated carbocycles. The van der Waals surface area contributed by atoms with Crippen LogP contribution in [0.4, 0.5) is 5.69 Å². The summed E-state index contributed by atoms with van der Waals surface area (Å²) in [7, 11) is 0. The number of allylic oxidation sites excluding steroid dienone is 12. The minimum absolute atomic E-state index is 0.000771. The molecule has 0 saturated heterocycles. The number of nitrogen functional groups attached to an aromatic ring is 1. The third-order valence-electron chi connectivity index (χ3n) is 21.5. The number of aromatic nitrogens is 11. The maximum Gasteiger partial charge on any atom is 0.204 e. The fourth-order valence-corrected chi connectivity index (χ4v) is 18.3. The number of ketones is 12. The highest BCUT2D eigenvalue weighted by atomic mass is 79.9. The highest BCUT2D eigenvalue weighted by Gasteiger charge is 2.37. The van der Waals surface area contributed by atoms with Crippen molar-refractivity contribution in [3.05, 3.63) is 396 Å². The Labute approximate surface area is 853 Å². The molecule has 696 valence electrons. The Morgan fingerprint density at radius 1 is 0.203 bits per heavy atom. The number of carbonyl (C=O) groups excluding carboxylic acids is 12. The molecule has 30 nitrogen and oxygen atoms in total. The summed E-state index contributed by atoms with van der Waals surface area (Å²) in [4.78, 5) is 284. The van der Waals surface area contributed by atoms with Crippen LogP contribution in [0.1, 0.15) is 166 Å². The average Bonchev–Trinajstić information content (AvgIpc) is 0.763. The number of nitrogens with one attached hydrogen (secondary N) is 11. The number of anilines is 1. The van der Waals surface area contributed by atoms with Crippen molar-refractivity contribution in [1.82, 2.24) is 54.8 Å². The molecule has 0 aliphatic heterocycles. The van der Waals surface area contributed by atoms with E-state index < -0.39 is 186 Å². The van der Waals surface area contributed by atoms with Crippen LogP contribution in [0.5, 0.6) is 0 Å². The second-order valence-corrected chi connectivity index (χ2v) is 37.1. The van der Waals surface area contributed by atoms with Gasteiger partial charge >= 0.3 is 0 Å². The highest BCUT2D eigenvalue weighted by molar-refractivity contribution is 9.11. The van der Waals surface area contributed by atoms with Crippen LogP contribution in [-0.2, 0) is 0 Å². The van der Waals surface area contributed by atoms with Gasteiger partial charge in [-0.15, -0.1) is 0 Å². The Kier molecular flexibility index (Phi) is 31.5. The summed E-state index contributed by atoms with van der Waals surface area (Å²) in [6.07, 6.45) is 18.6. The fourth-order valence-electron chi connectivity index (χ4n) is 14.2. The lowest BCUT2D eigenvalue weighted by Crippen LogP contribution is -2.32. The molecular formula is C96H60Br6Cl6N12O18. The molecule has 0 fully saturated rings. The molecule has 6 aliphatic rings. The van der Waals surface area contributed by atoms with Crippen molar-refractivity contribution in [2.24, 2.45) is 0 Å². The zero-order chi connectivity index (χ0) is 101. The molecule has 24 bridgehead atoms. The Bertz CT molecular complexity index is 8440. The van der Waals surface area contributed by atoms with E-state index in [1.165, 1.54) is 151 Å². The number of carbonyl (C=O) groups is 12. The maximum absolute atomic E-state index is 14.5. The predicted molar refractivity (Wildman–Crippen MR) is 551 cm³/mol. The molecule has 10 aromatic heterocycles. The van der Waals surface area contributed by atoms with Gasteiger partial charge in [0.2, 0.25) is 102 Å². The Balaban J connectivity index is 0.986. The van der Waals surface area contributed by atoms with Gasteiger partial charge in [-0.3, -0.25) is 86.3 Å². The number of Topliss-reactive ketones (excluding diaryl/α,β-unsaturated/α-hetero) is 12. The van der Waals surface area contributed by atoms with Crippen molar-refractivity contribution in [2.45, 2.75) is 41.5 Å². The minimum atomic E-state index is -1.13. The molecule has 0 unspecified atom stereocenters. The van der Waals surface area contributed by atoms with E-state index in [0.29, 0.717) is 0 Å². The number of halogens is 12. The second kappa shape index (κ2) is 42.5. The van der Waals surface area contributed by atoms with Gasteiger partial charge in [-0.25, -0.2) is 0 Å². The third-order valence-corrected chi connectivity index (χ3v) is 27.3. The van der Waals surface area contributed by atoms with E-state index in [1.807, 2.05) is 0 Å². The molecule has 6 aliphatic carbocycles. The molecule has 16 aromatic rings. The molecule has 0 radical (unpaired) electrons. The van der Waals surface area contributed by atoms with Crippen LogP contribution in [0.2, 0.25) is 30.1 Å². The van der Waals surface area contributed by atoms with Gasteiger partial charge < -0.3 is 60.6 Å². The minimum Gasteiger partial charge on any atom is -0.397 e. The monoisotopic (exact) mass is 2350 g/mol. The summed E-state index contributed by atoms with van der Waals surface area (Å²) in [6, 6.07) is 16.3.